The SMILES string of the molecule is CC1(CN2CCC(CC#N)(n3cc(C(N)=O)c(NCOC4CC4C#N)n3)C(F)C2)C=CC(c2ccccc2)=NC1F. The Morgan fingerprint density at radius 1 is 1.29 bits per heavy atom. The van der Waals surface area contributed by atoms with Gasteiger partial charge in [-0.3, -0.25) is 14.4 Å². The number of benzene rings is 1. The first-order chi connectivity index (χ1) is 19.7. The molecule has 6 unspecified atom stereocenters. The number of rotatable bonds is 10. The van der Waals surface area contributed by atoms with Crippen LogP contribution in [0.3, 0.4) is 0 Å². The van der Waals surface area contributed by atoms with Crippen LogP contribution in [0, 0.1) is 34.0 Å². The van der Waals surface area contributed by atoms with Crippen LogP contribution in [0.15, 0.2) is 53.7 Å². The van der Waals surface area contributed by atoms with Gasteiger partial charge in [-0.05, 0) is 24.5 Å². The number of allylic oxidation sites excluding steroid dienone is 1. The molecule has 2 aromatic rings. The number of likely N-dealkylation sites (tertiary alicyclic amines) is 1. The minimum atomic E-state index is -1.54. The maximum atomic E-state index is 16.1. The minimum absolute atomic E-state index is 0.0107. The second-order valence-electron chi connectivity index (χ2n) is 11.1. The number of hydrogen-bond acceptors (Lipinski definition) is 8. The maximum Gasteiger partial charge on any atom is 0.254 e. The highest BCUT2D eigenvalue weighted by Crippen LogP contribution is 2.39. The van der Waals surface area contributed by atoms with Crippen LogP contribution in [0.25, 0.3) is 0 Å². The first-order valence-corrected chi connectivity index (χ1v) is 13.5. The lowest BCUT2D eigenvalue weighted by atomic mass is 9.80. The van der Waals surface area contributed by atoms with Crippen molar-refractivity contribution in [3.8, 4) is 12.1 Å². The van der Waals surface area contributed by atoms with Crippen molar-refractivity contribution in [2.75, 3.05) is 31.7 Å². The monoisotopic (exact) mass is 562 g/mol. The number of halogens is 2. The third-order valence-corrected chi connectivity index (χ3v) is 8.17. The Kier molecular flexibility index (Phi) is 7.89. The Hall–Kier alpha value is -4.13. The summed E-state index contributed by atoms with van der Waals surface area (Å²) in [6.07, 6.45) is 2.39. The molecule has 1 amide bonds. The van der Waals surface area contributed by atoms with Crippen molar-refractivity contribution in [1.29, 1.82) is 10.5 Å². The topological polar surface area (TPSA) is 145 Å². The summed E-state index contributed by atoms with van der Waals surface area (Å²) in [6.45, 7) is 2.31. The van der Waals surface area contributed by atoms with Gasteiger partial charge in [0.15, 0.2) is 12.1 Å². The van der Waals surface area contributed by atoms with E-state index >= 15 is 8.78 Å². The van der Waals surface area contributed by atoms with Gasteiger partial charge >= 0.3 is 0 Å². The molecule has 1 saturated heterocycles. The fraction of sp³-hybridized carbons (Fsp3) is 0.483. The molecule has 12 heteroatoms. The summed E-state index contributed by atoms with van der Waals surface area (Å²) in [5, 5.41) is 25.9. The van der Waals surface area contributed by atoms with Crippen molar-refractivity contribution < 1.29 is 18.3 Å². The molecule has 10 nitrogen and oxygen atoms in total. The third-order valence-electron chi connectivity index (χ3n) is 8.17. The van der Waals surface area contributed by atoms with Gasteiger partial charge in [0.25, 0.3) is 5.91 Å². The number of ether oxygens (including phenoxy) is 1. The fourth-order valence-electron chi connectivity index (χ4n) is 5.49. The van der Waals surface area contributed by atoms with Crippen LogP contribution < -0.4 is 11.1 Å². The van der Waals surface area contributed by atoms with Crippen molar-refractivity contribution in [2.24, 2.45) is 22.1 Å². The molecule has 0 spiro atoms. The molecule has 2 aliphatic heterocycles. The molecule has 1 saturated carbocycles. The average Bonchev–Trinajstić information content (AvgIpc) is 3.58. The number of dihydropyridines is 1. The molecular weight excluding hydrogens is 530 g/mol. The first-order valence-electron chi connectivity index (χ1n) is 13.5. The summed E-state index contributed by atoms with van der Waals surface area (Å²) in [7, 11) is 0. The number of aromatic nitrogens is 2. The van der Waals surface area contributed by atoms with Crippen molar-refractivity contribution in [3.63, 3.8) is 0 Å². The van der Waals surface area contributed by atoms with Gasteiger partial charge in [-0.1, -0.05) is 43.3 Å². The summed E-state index contributed by atoms with van der Waals surface area (Å²) < 4.78 is 38.4. The number of nitrogens with one attached hydrogen (secondary N) is 1. The molecule has 5 rings (SSSR count). The van der Waals surface area contributed by atoms with Gasteiger partial charge in [-0.15, -0.1) is 0 Å². The standard InChI is InChI=1S/C29H32F2N8O2/c1-28(8-7-22(36-27(28)31)19-5-3-2-4-6-19)17-38-12-10-29(9-11-32,24(30)16-38)39-15-21(25(34)40)26(37-39)35-18-41-23-13-20(23)14-33/h2-8,15,20,23-24,27H,9-10,12-13,16-18H2,1H3,(H2,34,40)(H,35,37). The molecule has 2 fully saturated rings. The molecule has 3 N–H and O–H groups in total. The van der Waals surface area contributed by atoms with E-state index in [-0.39, 0.29) is 56.1 Å². The molecule has 41 heavy (non-hydrogen) atoms. The lowest BCUT2D eigenvalue weighted by molar-refractivity contribution is -0.00836. The number of amides is 1. The van der Waals surface area contributed by atoms with Gasteiger partial charge in [-0.25, -0.2) is 13.8 Å². The highest BCUT2D eigenvalue weighted by atomic mass is 19.1. The summed E-state index contributed by atoms with van der Waals surface area (Å²) >= 11 is 0. The van der Waals surface area contributed by atoms with Crippen molar-refractivity contribution >= 4 is 17.4 Å². The molecule has 214 valence electrons. The number of hydrogen-bond donors (Lipinski definition) is 2. The van der Waals surface area contributed by atoms with E-state index in [9.17, 15) is 10.1 Å². The minimum Gasteiger partial charge on any atom is -0.365 e. The normalized spacial score (nSPS) is 31.1. The van der Waals surface area contributed by atoms with Crippen LogP contribution in [0.4, 0.5) is 14.6 Å². The third kappa shape index (κ3) is 5.71. The van der Waals surface area contributed by atoms with E-state index in [1.165, 1.54) is 10.9 Å². The maximum absolute atomic E-state index is 16.1. The molecule has 0 bridgehead atoms. The van der Waals surface area contributed by atoms with Crippen molar-refractivity contribution in [3.05, 3.63) is 59.8 Å². The van der Waals surface area contributed by atoms with E-state index in [0.29, 0.717) is 18.7 Å². The van der Waals surface area contributed by atoms with E-state index in [4.69, 9.17) is 15.7 Å². The number of anilines is 1. The van der Waals surface area contributed by atoms with E-state index in [1.807, 2.05) is 35.2 Å². The average molecular weight is 563 g/mol. The second-order valence-corrected chi connectivity index (χ2v) is 11.1. The highest BCUT2D eigenvalue weighted by Gasteiger charge is 2.48. The van der Waals surface area contributed by atoms with Crippen molar-refractivity contribution in [2.45, 2.75) is 50.3 Å². The van der Waals surface area contributed by atoms with Crippen LogP contribution >= 0.6 is 0 Å². The van der Waals surface area contributed by atoms with Gasteiger partial charge < -0.3 is 15.8 Å². The zero-order chi connectivity index (χ0) is 29.2. The second kappa shape index (κ2) is 11.4. The molecule has 0 radical (unpaired) electrons. The molecule has 1 aromatic carbocycles. The number of primary amides is 1. The number of nitrogens with zero attached hydrogens (tertiary/aromatic N) is 6. The van der Waals surface area contributed by atoms with E-state index in [1.54, 1.807) is 19.1 Å². The number of carbonyl (C=O) groups excluding carboxylic acids is 1. The summed E-state index contributed by atoms with van der Waals surface area (Å²) in [5.41, 5.74) is 4.69. The molecule has 1 aromatic heterocycles. The molecule has 3 heterocycles. The summed E-state index contributed by atoms with van der Waals surface area (Å²) in [4.78, 5) is 18.3. The predicted octanol–water partition coefficient (Wildman–Crippen LogP) is 3.29. The van der Waals surface area contributed by atoms with Gasteiger partial charge in [-0.2, -0.15) is 15.6 Å². The molecule has 3 aliphatic rings. The van der Waals surface area contributed by atoms with Crippen LogP contribution in [-0.4, -0.2) is 71.2 Å². The Bertz CT molecular complexity index is 1430. The lowest BCUT2D eigenvalue weighted by Gasteiger charge is -2.45. The van der Waals surface area contributed by atoms with Crippen LogP contribution in [0.1, 0.15) is 42.1 Å². The Morgan fingerprint density at radius 2 is 2.07 bits per heavy atom. The molecular formula is C29H32F2N8O2. The first kappa shape index (κ1) is 28.4. The quantitative estimate of drug-likeness (QED) is 0.334. The largest absolute Gasteiger partial charge is 0.365 e. The summed E-state index contributed by atoms with van der Waals surface area (Å²) in [6, 6.07) is 13.6. The summed E-state index contributed by atoms with van der Waals surface area (Å²) in [5.74, 6) is -0.801. The Balaban J connectivity index is 1.28. The molecule has 6 atom stereocenters. The van der Waals surface area contributed by atoms with E-state index in [2.05, 4.69) is 27.5 Å². The number of nitriles is 2. The lowest BCUT2D eigenvalue weighted by Crippen LogP contribution is -2.57. The number of nitrogens with two attached hydrogens (primary N) is 1. The van der Waals surface area contributed by atoms with Gasteiger partial charge in [0.05, 0.1) is 41.7 Å². The number of piperidine rings is 1. The number of alkyl halides is 2. The van der Waals surface area contributed by atoms with Gasteiger partial charge in [0.2, 0.25) is 0 Å². The van der Waals surface area contributed by atoms with Gasteiger partial charge in [0, 0.05) is 25.8 Å². The smallest absolute Gasteiger partial charge is 0.254 e. The fourth-order valence-corrected chi connectivity index (χ4v) is 5.49. The van der Waals surface area contributed by atoms with E-state index in [0.717, 1.165) is 5.56 Å². The number of aliphatic imine (C=N–C) groups is 1. The van der Waals surface area contributed by atoms with Gasteiger partial charge in [0.1, 0.15) is 24.0 Å². The van der Waals surface area contributed by atoms with Crippen molar-refractivity contribution in [1.82, 2.24) is 14.7 Å². The molecule has 1 aliphatic carbocycles. The van der Waals surface area contributed by atoms with Crippen LogP contribution in [0.5, 0.6) is 0 Å². The predicted molar refractivity (Wildman–Crippen MR) is 147 cm³/mol. The zero-order valence-corrected chi connectivity index (χ0v) is 22.7. The zero-order valence-electron chi connectivity index (χ0n) is 22.7. The Morgan fingerprint density at radius 3 is 2.71 bits per heavy atom. The number of carbonyl (C=O) groups is 1. The van der Waals surface area contributed by atoms with E-state index < -0.39 is 29.3 Å². The highest BCUT2D eigenvalue weighted by molar-refractivity contribution is 6.09. The van der Waals surface area contributed by atoms with Crippen LogP contribution in [-0.2, 0) is 10.3 Å². The Labute approximate surface area is 237 Å². The van der Waals surface area contributed by atoms with Crippen LogP contribution in [0.2, 0.25) is 0 Å².